The number of carbonyl (C=O) groups is 2. The third-order valence-electron chi connectivity index (χ3n) is 3.97. The quantitative estimate of drug-likeness (QED) is 0.789. The normalized spacial score (nSPS) is 17.5. The molecule has 0 saturated carbocycles. The lowest BCUT2D eigenvalue weighted by Gasteiger charge is -2.32. The molecule has 0 aromatic heterocycles. The van der Waals surface area contributed by atoms with Crippen molar-refractivity contribution in [1.82, 2.24) is 5.32 Å². The highest BCUT2D eigenvalue weighted by atomic mass is 16.4. The molecule has 5 heteroatoms. The number of nitrogens with one attached hydrogen (secondary N) is 2. The Morgan fingerprint density at radius 1 is 1.30 bits per heavy atom. The highest BCUT2D eigenvalue weighted by Gasteiger charge is 2.34. The van der Waals surface area contributed by atoms with Gasteiger partial charge in [0.05, 0.1) is 5.56 Å². The summed E-state index contributed by atoms with van der Waals surface area (Å²) in [6.45, 7) is 5.40. The molecule has 0 spiro atoms. The van der Waals surface area contributed by atoms with Crippen LogP contribution in [0.2, 0.25) is 0 Å². The molecule has 0 atom stereocenters. The number of carboxylic acids is 1. The fraction of sp³-hybridized carbons (Fsp3) is 0.467. The van der Waals surface area contributed by atoms with Gasteiger partial charge < -0.3 is 15.7 Å². The first kappa shape index (κ1) is 14.5. The maximum atomic E-state index is 12.4. The van der Waals surface area contributed by atoms with Crippen LogP contribution in [-0.4, -0.2) is 30.1 Å². The molecule has 1 fully saturated rings. The summed E-state index contributed by atoms with van der Waals surface area (Å²) in [5.41, 5.74) is 1.20. The van der Waals surface area contributed by atoms with Crippen LogP contribution in [0.4, 0.5) is 5.69 Å². The SMILES string of the molecule is Cc1cc(NC(=O)C2(C)CCNCC2)ccc1C(=O)O. The summed E-state index contributed by atoms with van der Waals surface area (Å²) >= 11 is 0. The molecule has 1 aromatic rings. The first-order chi connectivity index (χ1) is 9.42. The highest BCUT2D eigenvalue weighted by Crippen LogP contribution is 2.29. The Morgan fingerprint density at radius 3 is 2.50 bits per heavy atom. The van der Waals surface area contributed by atoms with Crippen LogP contribution in [0, 0.1) is 12.3 Å². The maximum absolute atomic E-state index is 12.4. The molecular formula is C15H20N2O3. The number of rotatable bonds is 3. The van der Waals surface area contributed by atoms with Crippen LogP contribution in [0.5, 0.6) is 0 Å². The predicted octanol–water partition coefficient (Wildman–Crippen LogP) is 2.02. The van der Waals surface area contributed by atoms with Crippen molar-refractivity contribution < 1.29 is 14.7 Å². The molecule has 2 rings (SSSR count). The minimum absolute atomic E-state index is 0.00137. The Hall–Kier alpha value is -1.88. The van der Waals surface area contributed by atoms with Crippen molar-refractivity contribution in [3.8, 4) is 0 Å². The van der Waals surface area contributed by atoms with Crippen molar-refractivity contribution in [2.75, 3.05) is 18.4 Å². The summed E-state index contributed by atoms with van der Waals surface area (Å²) in [5, 5.41) is 15.1. The molecule has 3 N–H and O–H groups in total. The van der Waals surface area contributed by atoms with Gasteiger partial charge in [0.1, 0.15) is 0 Å². The highest BCUT2D eigenvalue weighted by molar-refractivity contribution is 5.96. The lowest BCUT2D eigenvalue weighted by Crippen LogP contribution is -2.42. The Kier molecular flexibility index (Phi) is 4.09. The molecule has 5 nitrogen and oxygen atoms in total. The lowest BCUT2D eigenvalue weighted by atomic mass is 9.80. The molecule has 1 saturated heterocycles. The zero-order valence-corrected chi connectivity index (χ0v) is 11.8. The van der Waals surface area contributed by atoms with E-state index in [1.165, 1.54) is 6.07 Å². The van der Waals surface area contributed by atoms with Crippen molar-refractivity contribution in [2.45, 2.75) is 26.7 Å². The first-order valence-corrected chi connectivity index (χ1v) is 6.78. The monoisotopic (exact) mass is 276 g/mol. The minimum atomic E-state index is -0.953. The topological polar surface area (TPSA) is 78.4 Å². The molecule has 1 aliphatic rings. The van der Waals surface area contributed by atoms with Crippen LogP contribution in [0.3, 0.4) is 0 Å². The van der Waals surface area contributed by atoms with Crippen LogP contribution in [-0.2, 0) is 4.79 Å². The van der Waals surface area contributed by atoms with E-state index in [-0.39, 0.29) is 16.9 Å². The number of carboxylic acid groups (broad SMARTS) is 1. The summed E-state index contributed by atoms with van der Waals surface area (Å²) in [4.78, 5) is 23.3. The second-order valence-electron chi connectivity index (χ2n) is 5.60. The van der Waals surface area contributed by atoms with E-state index in [0.717, 1.165) is 25.9 Å². The maximum Gasteiger partial charge on any atom is 0.335 e. The third-order valence-corrected chi connectivity index (χ3v) is 3.97. The van der Waals surface area contributed by atoms with Crippen LogP contribution in [0.1, 0.15) is 35.7 Å². The molecule has 0 bridgehead atoms. The Bertz CT molecular complexity index is 534. The van der Waals surface area contributed by atoms with Crippen molar-refractivity contribution in [2.24, 2.45) is 5.41 Å². The number of hydrogen-bond donors (Lipinski definition) is 3. The predicted molar refractivity (Wildman–Crippen MR) is 77.0 cm³/mol. The molecule has 1 heterocycles. The van der Waals surface area contributed by atoms with Crippen LogP contribution >= 0.6 is 0 Å². The second kappa shape index (κ2) is 5.63. The van der Waals surface area contributed by atoms with Crippen LogP contribution in [0.15, 0.2) is 18.2 Å². The molecule has 0 radical (unpaired) electrons. The van der Waals surface area contributed by atoms with E-state index in [1.54, 1.807) is 19.1 Å². The number of anilines is 1. The van der Waals surface area contributed by atoms with E-state index >= 15 is 0 Å². The van der Waals surface area contributed by atoms with Gasteiger partial charge in [-0.15, -0.1) is 0 Å². The van der Waals surface area contributed by atoms with E-state index < -0.39 is 5.97 Å². The lowest BCUT2D eigenvalue weighted by molar-refractivity contribution is -0.126. The Morgan fingerprint density at radius 2 is 1.95 bits per heavy atom. The van der Waals surface area contributed by atoms with E-state index in [9.17, 15) is 9.59 Å². The molecule has 108 valence electrons. The van der Waals surface area contributed by atoms with Crippen molar-refractivity contribution in [3.63, 3.8) is 0 Å². The molecule has 1 aromatic carbocycles. The minimum Gasteiger partial charge on any atom is -0.478 e. The Balaban J connectivity index is 2.12. The smallest absolute Gasteiger partial charge is 0.335 e. The average Bonchev–Trinajstić information content (AvgIpc) is 2.39. The molecular weight excluding hydrogens is 256 g/mol. The molecule has 0 unspecified atom stereocenters. The van der Waals surface area contributed by atoms with Gasteiger partial charge in [0.25, 0.3) is 0 Å². The summed E-state index contributed by atoms with van der Waals surface area (Å²) in [5.74, 6) is -0.952. The van der Waals surface area contributed by atoms with Crippen molar-refractivity contribution in [3.05, 3.63) is 29.3 Å². The van der Waals surface area contributed by atoms with Gasteiger partial charge in [-0.25, -0.2) is 4.79 Å². The van der Waals surface area contributed by atoms with Gasteiger partial charge in [0.2, 0.25) is 5.91 Å². The van der Waals surface area contributed by atoms with E-state index in [1.807, 2.05) is 6.92 Å². The molecule has 1 amide bonds. The van der Waals surface area contributed by atoms with Gasteiger partial charge in [0, 0.05) is 11.1 Å². The summed E-state index contributed by atoms with van der Waals surface area (Å²) in [7, 11) is 0. The number of aryl methyl sites for hydroxylation is 1. The van der Waals surface area contributed by atoms with Crippen molar-refractivity contribution in [1.29, 1.82) is 0 Å². The van der Waals surface area contributed by atoms with Gasteiger partial charge >= 0.3 is 5.97 Å². The van der Waals surface area contributed by atoms with Gasteiger partial charge in [-0.05, 0) is 56.6 Å². The van der Waals surface area contributed by atoms with Gasteiger partial charge in [-0.1, -0.05) is 6.92 Å². The second-order valence-corrected chi connectivity index (χ2v) is 5.60. The number of benzene rings is 1. The first-order valence-electron chi connectivity index (χ1n) is 6.78. The number of aromatic carboxylic acids is 1. The fourth-order valence-electron chi connectivity index (χ4n) is 2.47. The molecule has 20 heavy (non-hydrogen) atoms. The summed E-state index contributed by atoms with van der Waals surface area (Å²) in [6.07, 6.45) is 1.62. The standard InChI is InChI=1S/C15H20N2O3/c1-10-9-11(3-4-12(10)13(18)19)17-14(20)15(2)5-7-16-8-6-15/h3-4,9,16H,5-8H2,1-2H3,(H,17,20)(H,18,19). The number of piperidine rings is 1. The summed E-state index contributed by atoms with van der Waals surface area (Å²) in [6, 6.07) is 4.86. The van der Waals surface area contributed by atoms with Gasteiger partial charge in [-0.2, -0.15) is 0 Å². The van der Waals surface area contributed by atoms with Crippen LogP contribution < -0.4 is 10.6 Å². The third kappa shape index (κ3) is 2.99. The fourth-order valence-corrected chi connectivity index (χ4v) is 2.47. The van der Waals surface area contributed by atoms with Gasteiger partial charge in [-0.3, -0.25) is 4.79 Å². The average molecular weight is 276 g/mol. The molecule has 0 aliphatic carbocycles. The molecule has 1 aliphatic heterocycles. The van der Waals surface area contributed by atoms with Crippen molar-refractivity contribution >= 4 is 17.6 Å². The zero-order valence-electron chi connectivity index (χ0n) is 11.8. The number of amides is 1. The largest absolute Gasteiger partial charge is 0.478 e. The van der Waals surface area contributed by atoms with Gasteiger partial charge in [0.15, 0.2) is 0 Å². The Labute approximate surface area is 118 Å². The summed E-state index contributed by atoms with van der Waals surface area (Å²) < 4.78 is 0. The van der Waals surface area contributed by atoms with E-state index in [0.29, 0.717) is 11.3 Å². The number of hydrogen-bond acceptors (Lipinski definition) is 3. The van der Waals surface area contributed by atoms with E-state index in [4.69, 9.17) is 5.11 Å². The zero-order chi connectivity index (χ0) is 14.8. The number of carbonyl (C=O) groups excluding carboxylic acids is 1. The van der Waals surface area contributed by atoms with E-state index in [2.05, 4.69) is 10.6 Å². The van der Waals surface area contributed by atoms with Crippen LogP contribution in [0.25, 0.3) is 0 Å².